The first-order valence-corrected chi connectivity index (χ1v) is 8.19. The monoisotopic (exact) mass is 405 g/mol. The van der Waals surface area contributed by atoms with Gasteiger partial charge in [-0.2, -0.15) is 17.5 Å². The molecule has 146 valence electrons. The molecule has 0 aliphatic carbocycles. The number of hydrazine groups is 1. The summed E-state index contributed by atoms with van der Waals surface area (Å²) in [5.41, 5.74) is 5.17. The lowest BCUT2D eigenvalue weighted by Crippen LogP contribution is -2.45. The Morgan fingerprint density at radius 2 is 2.07 bits per heavy atom. The third-order valence-corrected chi connectivity index (χ3v) is 4.27. The smallest absolute Gasteiger partial charge is 0.366 e. The molecule has 0 aliphatic heterocycles. The number of primary amides is 1. The minimum atomic E-state index is -4.69. The lowest BCUT2D eigenvalue weighted by atomic mass is 10.1. The van der Waals surface area contributed by atoms with Gasteiger partial charge >= 0.3 is 6.18 Å². The number of nitrogens with two attached hydrogens (primary N) is 2. The third-order valence-electron chi connectivity index (χ3n) is 3.47. The van der Waals surface area contributed by atoms with Crippen molar-refractivity contribution in [2.75, 3.05) is 10.3 Å². The second-order valence-electron chi connectivity index (χ2n) is 5.60. The summed E-state index contributed by atoms with van der Waals surface area (Å²) in [6, 6.07) is 1.54. The van der Waals surface area contributed by atoms with E-state index in [1.165, 1.54) is 0 Å². The number of aryl methyl sites for hydroxylation is 1. The number of aromatic nitrogens is 1. The van der Waals surface area contributed by atoms with Crippen molar-refractivity contribution < 1.29 is 27.2 Å². The van der Waals surface area contributed by atoms with E-state index >= 15 is 0 Å². The van der Waals surface area contributed by atoms with Gasteiger partial charge in [0.25, 0.3) is 5.91 Å². The Balaban J connectivity index is 2.45. The van der Waals surface area contributed by atoms with Crippen molar-refractivity contribution in [3.05, 3.63) is 35.3 Å². The molecule has 0 saturated heterocycles. The Bertz CT molecular complexity index is 855. The Morgan fingerprint density at radius 1 is 1.41 bits per heavy atom. The van der Waals surface area contributed by atoms with Crippen LogP contribution in [-0.2, 0) is 4.79 Å². The highest BCUT2D eigenvalue weighted by atomic mass is 32.1. The zero-order valence-electron chi connectivity index (χ0n) is 13.9. The molecule has 2 rings (SSSR count). The molecule has 0 spiro atoms. The fourth-order valence-electron chi connectivity index (χ4n) is 2.25. The Labute approximate surface area is 155 Å². The van der Waals surface area contributed by atoms with E-state index in [1.807, 2.05) is 0 Å². The summed E-state index contributed by atoms with van der Waals surface area (Å²) in [6.45, 7) is 1.72. The number of anilines is 3. The largest absolute Gasteiger partial charge is 0.391 e. The van der Waals surface area contributed by atoms with Crippen LogP contribution >= 0.6 is 11.5 Å². The number of alkyl halides is 3. The second kappa shape index (κ2) is 7.88. The molecule has 0 bridgehead atoms. The highest BCUT2D eigenvalue weighted by Crippen LogP contribution is 2.32. The second-order valence-corrected chi connectivity index (χ2v) is 6.41. The van der Waals surface area contributed by atoms with Gasteiger partial charge in [0.1, 0.15) is 23.1 Å². The quantitative estimate of drug-likeness (QED) is 0.282. The maximum atomic E-state index is 14.3. The molecule has 12 heteroatoms. The van der Waals surface area contributed by atoms with Gasteiger partial charge in [0.05, 0.1) is 29.1 Å². The number of hydrogen-bond acceptors (Lipinski definition) is 7. The van der Waals surface area contributed by atoms with Gasteiger partial charge in [0, 0.05) is 0 Å². The van der Waals surface area contributed by atoms with Crippen LogP contribution in [0.1, 0.15) is 22.5 Å². The predicted octanol–water partition coefficient (Wildman–Crippen LogP) is 2.63. The van der Waals surface area contributed by atoms with E-state index in [9.17, 15) is 27.2 Å². The molecule has 0 aliphatic rings. The lowest BCUT2D eigenvalue weighted by Gasteiger charge is -2.27. The van der Waals surface area contributed by atoms with Crippen LogP contribution in [0.3, 0.4) is 0 Å². The van der Waals surface area contributed by atoms with Gasteiger partial charge in [0.2, 0.25) is 0 Å². The number of nitrogens with zero attached hydrogens (tertiary/aromatic N) is 2. The average molecular weight is 405 g/mol. The standard InChI is InChI=1S/C15H15F4N5O2S/c1-7-2-13(27-23-7)22-11-4-12(10(16)3-9(11)14(20)26)24(21)8(6-25)5-15(17,18)19/h2-4,6,8,22H,5,21H2,1H3,(H2,20,26). The first-order chi connectivity index (χ1) is 12.5. The minimum Gasteiger partial charge on any atom is -0.366 e. The molecular weight excluding hydrogens is 390 g/mol. The van der Waals surface area contributed by atoms with Crippen molar-refractivity contribution >= 4 is 40.1 Å². The molecule has 1 heterocycles. The fraction of sp³-hybridized carbons (Fsp3) is 0.267. The summed E-state index contributed by atoms with van der Waals surface area (Å²) in [7, 11) is 0. The van der Waals surface area contributed by atoms with Crippen LogP contribution in [0.5, 0.6) is 0 Å². The van der Waals surface area contributed by atoms with Gasteiger partial charge in [0.15, 0.2) is 0 Å². The number of aldehydes is 1. The molecule has 1 aromatic carbocycles. The van der Waals surface area contributed by atoms with Gasteiger partial charge in [-0.3, -0.25) is 9.80 Å². The van der Waals surface area contributed by atoms with Crippen LogP contribution in [-0.4, -0.2) is 28.8 Å². The molecule has 1 atom stereocenters. The van der Waals surface area contributed by atoms with Crippen LogP contribution in [0.25, 0.3) is 0 Å². The van der Waals surface area contributed by atoms with E-state index in [0.29, 0.717) is 15.7 Å². The molecule has 7 nitrogen and oxygen atoms in total. The molecule has 27 heavy (non-hydrogen) atoms. The molecule has 2 aromatic rings. The number of carbonyl (C=O) groups is 2. The van der Waals surface area contributed by atoms with Crippen LogP contribution < -0.4 is 21.9 Å². The van der Waals surface area contributed by atoms with Crippen molar-refractivity contribution in [1.29, 1.82) is 0 Å². The van der Waals surface area contributed by atoms with Crippen LogP contribution in [0.4, 0.5) is 33.9 Å². The van der Waals surface area contributed by atoms with E-state index in [-0.39, 0.29) is 17.5 Å². The van der Waals surface area contributed by atoms with Crippen LogP contribution in [0, 0.1) is 12.7 Å². The van der Waals surface area contributed by atoms with Gasteiger partial charge in [-0.25, -0.2) is 10.2 Å². The van der Waals surface area contributed by atoms with E-state index in [0.717, 1.165) is 23.7 Å². The Kier molecular flexibility index (Phi) is 6.01. The molecule has 0 saturated carbocycles. The first-order valence-electron chi connectivity index (χ1n) is 7.41. The normalized spacial score (nSPS) is 12.5. The molecular formula is C15H15F4N5O2S. The zero-order chi connectivity index (χ0) is 20.4. The Hall–Kier alpha value is -2.73. The zero-order valence-corrected chi connectivity index (χ0v) is 14.7. The average Bonchev–Trinajstić information content (AvgIpc) is 2.97. The van der Waals surface area contributed by atoms with Gasteiger partial charge in [-0.15, -0.1) is 0 Å². The van der Waals surface area contributed by atoms with Crippen molar-refractivity contribution in [2.45, 2.75) is 25.6 Å². The van der Waals surface area contributed by atoms with E-state index in [2.05, 4.69) is 9.69 Å². The summed E-state index contributed by atoms with van der Waals surface area (Å²) in [4.78, 5) is 22.6. The SMILES string of the molecule is Cc1cc(Nc2cc(N(N)C(C=O)CC(F)(F)F)c(F)cc2C(N)=O)sn1. The first kappa shape index (κ1) is 20.6. The fourth-order valence-corrected chi connectivity index (χ4v) is 2.92. The molecule has 1 aromatic heterocycles. The summed E-state index contributed by atoms with van der Waals surface area (Å²) in [5, 5.41) is 3.65. The minimum absolute atomic E-state index is 0.00894. The summed E-state index contributed by atoms with van der Waals surface area (Å²) >= 11 is 1.05. The number of hydrogen-bond donors (Lipinski definition) is 3. The van der Waals surface area contributed by atoms with Crippen LogP contribution in [0.2, 0.25) is 0 Å². The molecule has 0 fully saturated rings. The molecule has 0 radical (unpaired) electrons. The molecule has 1 unspecified atom stereocenters. The van der Waals surface area contributed by atoms with Crippen LogP contribution in [0.15, 0.2) is 18.2 Å². The van der Waals surface area contributed by atoms with Crippen molar-refractivity contribution in [1.82, 2.24) is 4.37 Å². The van der Waals surface area contributed by atoms with Gasteiger partial charge in [-0.1, -0.05) is 0 Å². The molecule has 5 N–H and O–H groups in total. The summed E-state index contributed by atoms with van der Waals surface area (Å²) in [5.74, 6) is 3.49. The third kappa shape index (κ3) is 5.14. The van der Waals surface area contributed by atoms with E-state index in [4.69, 9.17) is 11.6 Å². The number of amides is 1. The van der Waals surface area contributed by atoms with Gasteiger partial charge < -0.3 is 15.8 Å². The number of rotatable bonds is 7. The van der Waals surface area contributed by atoms with Crippen molar-refractivity contribution in [3.8, 4) is 0 Å². The number of nitrogens with one attached hydrogen (secondary N) is 1. The maximum absolute atomic E-state index is 14.3. The highest BCUT2D eigenvalue weighted by Gasteiger charge is 2.35. The Morgan fingerprint density at radius 3 is 2.56 bits per heavy atom. The number of halogens is 4. The summed E-state index contributed by atoms with van der Waals surface area (Å²) in [6.07, 6.45) is -6.29. The van der Waals surface area contributed by atoms with Gasteiger partial charge in [-0.05, 0) is 36.7 Å². The number of carbonyl (C=O) groups excluding carboxylic acids is 2. The van der Waals surface area contributed by atoms with E-state index in [1.54, 1.807) is 13.0 Å². The lowest BCUT2D eigenvalue weighted by molar-refractivity contribution is -0.142. The van der Waals surface area contributed by atoms with Crippen molar-refractivity contribution in [3.63, 3.8) is 0 Å². The molecule has 1 amide bonds. The van der Waals surface area contributed by atoms with Crippen molar-refractivity contribution in [2.24, 2.45) is 11.6 Å². The predicted molar refractivity (Wildman–Crippen MR) is 92.2 cm³/mol. The maximum Gasteiger partial charge on any atom is 0.391 e. The van der Waals surface area contributed by atoms with E-state index < -0.39 is 36.1 Å². The number of benzene rings is 1. The topological polar surface area (TPSA) is 114 Å². The summed E-state index contributed by atoms with van der Waals surface area (Å²) < 4.78 is 56.2. The highest BCUT2D eigenvalue weighted by molar-refractivity contribution is 7.10.